The van der Waals surface area contributed by atoms with E-state index in [0.29, 0.717) is 6.08 Å². The Morgan fingerprint density at radius 3 is 2.42 bits per heavy atom. The summed E-state index contributed by atoms with van der Waals surface area (Å²) in [5, 5.41) is 0. The lowest BCUT2D eigenvalue weighted by atomic mass is 10.0. The van der Waals surface area contributed by atoms with Gasteiger partial charge in [-0.25, -0.2) is 4.39 Å². The van der Waals surface area contributed by atoms with Gasteiger partial charge in [0.25, 0.3) is 0 Å². The molecule has 12 heavy (non-hydrogen) atoms. The summed E-state index contributed by atoms with van der Waals surface area (Å²) >= 11 is 0. The number of alkyl halides is 4. The van der Waals surface area contributed by atoms with E-state index >= 15 is 0 Å². The lowest BCUT2D eigenvalue weighted by molar-refractivity contribution is -0.0903. The highest BCUT2D eigenvalue weighted by Gasteiger charge is 2.37. The standard InChI is InChI=1S/C7H7F4N/c8-4-1-2-6(12)5(3-4)7(9,10)11/h2-4H,1,12H2. The van der Waals surface area contributed by atoms with Crippen molar-refractivity contribution >= 4 is 0 Å². The van der Waals surface area contributed by atoms with Crippen LogP contribution in [0.1, 0.15) is 6.42 Å². The van der Waals surface area contributed by atoms with Gasteiger partial charge in [-0.2, -0.15) is 13.2 Å². The zero-order chi connectivity index (χ0) is 9.35. The number of allylic oxidation sites excluding steroid dienone is 3. The normalized spacial score (nSPS) is 24.8. The molecule has 1 aliphatic rings. The summed E-state index contributed by atoms with van der Waals surface area (Å²) in [6.45, 7) is 0. The number of hydrogen-bond acceptors (Lipinski definition) is 1. The monoisotopic (exact) mass is 181 g/mol. The maximum Gasteiger partial charge on any atom is 0.418 e. The van der Waals surface area contributed by atoms with Crippen LogP contribution < -0.4 is 5.73 Å². The Morgan fingerprint density at radius 2 is 2.00 bits per heavy atom. The first kappa shape index (κ1) is 9.09. The highest BCUT2D eigenvalue weighted by atomic mass is 19.4. The van der Waals surface area contributed by atoms with Crippen LogP contribution in [0.4, 0.5) is 17.6 Å². The molecule has 0 saturated carbocycles. The van der Waals surface area contributed by atoms with Crippen LogP contribution in [0.2, 0.25) is 0 Å². The van der Waals surface area contributed by atoms with Crippen LogP contribution in [0.3, 0.4) is 0 Å². The Bertz CT molecular complexity index is 238. The van der Waals surface area contributed by atoms with E-state index in [2.05, 4.69) is 0 Å². The lowest BCUT2D eigenvalue weighted by Crippen LogP contribution is -2.22. The molecular weight excluding hydrogens is 174 g/mol. The van der Waals surface area contributed by atoms with Gasteiger partial charge < -0.3 is 5.73 Å². The Morgan fingerprint density at radius 1 is 1.42 bits per heavy atom. The topological polar surface area (TPSA) is 26.0 Å². The van der Waals surface area contributed by atoms with Gasteiger partial charge in [0.15, 0.2) is 0 Å². The number of halogens is 4. The molecule has 1 atom stereocenters. The van der Waals surface area contributed by atoms with E-state index in [1.165, 1.54) is 0 Å². The van der Waals surface area contributed by atoms with Gasteiger partial charge in [0.1, 0.15) is 6.17 Å². The van der Waals surface area contributed by atoms with Gasteiger partial charge >= 0.3 is 6.18 Å². The third kappa shape index (κ3) is 1.78. The average Bonchev–Trinajstić information content (AvgIpc) is 1.92. The molecule has 0 fully saturated rings. The molecule has 0 heterocycles. The molecule has 0 amide bonds. The number of hydrogen-bond donors (Lipinski definition) is 1. The maximum atomic E-state index is 12.5. The van der Waals surface area contributed by atoms with E-state index < -0.39 is 23.6 Å². The van der Waals surface area contributed by atoms with Crippen LogP contribution in [-0.4, -0.2) is 12.3 Å². The summed E-state index contributed by atoms with van der Waals surface area (Å²) in [5.41, 5.74) is 3.57. The summed E-state index contributed by atoms with van der Waals surface area (Å²) in [4.78, 5) is 0. The second-order valence-corrected chi connectivity index (χ2v) is 2.49. The molecule has 0 spiro atoms. The molecule has 0 bridgehead atoms. The Balaban J connectivity index is 2.94. The molecule has 1 aliphatic carbocycles. The van der Waals surface area contributed by atoms with Crippen molar-refractivity contribution in [3.8, 4) is 0 Å². The predicted molar refractivity (Wildman–Crippen MR) is 35.9 cm³/mol. The second kappa shape index (κ2) is 2.80. The van der Waals surface area contributed by atoms with Crippen LogP contribution in [-0.2, 0) is 0 Å². The smallest absolute Gasteiger partial charge is 0.399 e. The Kier molecular flexibility index (Phi) is 2.12. The van der Waals surface area contributed by atoms with Gasteiger partial charge in [-0.3, -0.25) is 0 Å². The van der Waals surface area contributed by atoms with E-state index in [-0.39, 0.29) is 6.42 Å². The first-order valence-corrected chi connectivity index (χ1v) is 3.30. The Labute approximate surface area is 66.5 Å². The van der Waals surface area contributed by atoms with Crippen molar-refractivity contribution in [3.05, 3.63) is 23.4 Å². The van der Waals surface area contributed by atoms with E-state index in [0.717, 1.165) is 6.08 Å². The highest BCUT2D eigenvalue weighted by molar-refractivity contribution is 5.36. The van der Waals surface area contributed by atoms with E-state index in [9.17, 15) is 17.6 Å². The minimum atomic E-state index is -4.55. The van der Waals surface area contributed by atoms with Gasteiger partial charge in [-0.15, -0.1) is 0 Å². The molecule has 68 valence electrons. The molecule has 0 saturated heterocycles. The fourth-order valence-electron chi connectivity index (χ4n) is 0.953. The van der Waals surface area contributed by atoms with Crippen molar-refractivity contribution in [3.63, 3.8) is 0 Å². The average molecular weight is 181 g/mol. The molecular formula is C7H7F4N. The van der Waals surface area contributed by atoms with E-state index in [1.54, 1.807) is 0 Å². The molecule has 0 aromatic carbocycles. The zero-order valence-electron chi connectivity index (χ0n) is 6.03. The molecule has 5 heteroatoms. The van der Waals surface area contributed by atoms with Crippen molar-refractivity contribution in [2.24, 2.45) is 5.73 Å². The molecule has 0 radical (unpaired) electrons. The predicted octanol–water partition coefficient (Wildman–Crippen LogP) is 2.06. The molecule has 2 N–H and O–H groups in total. The van der Waals surface area contributed by atoms with Crippen molar-refractivity contribution in [2.45, 2.75) is 18.8 Å². The molecule has 1 rings (SSSR count). The van der Waals surface area contributed by atoms with E-state index in [1.807, 2.05) is 0 Å². The van der Waals surface area contributed by atoms with Gasteiger partial charge in [-0.05, 0) is 6.08 Å². The third-order valence-electron chi connectivity index (χ3n) is 1.53. The number of nitrogens with two attached hydrogens (primary N) is 1. The number of rotatable bonds is 0. The molecule has 0 aliphatic heterocycles. The van der Waals surface area contributed by atoms with Crippen molar-refractivity contribution < 1.29 is 17.6 Å². The quantitative estimate of drug-likeness (QED) is 0.568. The van der Waals surface area contributed by atoms with Gasteiger partial charge in [0, 0.05) is 12.1 Å². The van der Waals surface area contributed by atoms with E-state index in [4.69, 9.17) is 5.73 Å². The minimum Gasteiger partial charge on any atom is -0.399 e. The summed E-state index contributed by atoms with van der Waals surface area (Å²) in [7, 11) is 0. The van der Waals surface area contributed by atoms with Crippen molar-refractivity contribution in [1.82, 2.24) is 0 Å². The fraction of sp³-hybridized carbons (Fsp3) is 0.429. The second-order valence-electron chi connectivity index (χ2n) is 2.49. The SMILES string of the molecule is NC1=CCC(F)C=C1C(F)(F)F. The fourth-order valence-corrected chi connectivity index (χ4v) is 0.953. The van der Waals surface area contributed by atoms with Crippen LogP contribution >= 0.6 is 0 Å². The van der Waals surface area contributed by atoms with Crippen molar-refractivity contribution in [1.29, 1.82) is 0 Å². The highest BCUT2D eigenvalue weighted by Crippen LogP contribution is 2.32. The molecule has 1 nitrogen and oxygen atoms in total. The molecule has 1 unspecified atom stereocenters. The zero-order valence-corrected chi connectivity index (χ0v) is 6.03. The van der Waals surface area contributed by atoms with Gasteiger partial charge in [0.05, 0.1) is 5.57 Å². The Hall–Kier alpha value is -1.00. The van der Waals surface area contributed by atoms with Crippen molar-refractivity contribution in [2.75, 3.05) is 0 Å². The van der Waals surface area contributed by atoms with Gasteiger partial charge in [0.2, 0.25) is 0 Å². The van der Waals surface area contributed by atoms with Crippen LogP contribution in [0.25, 0.3) is 0 Å². The van der Waals surface area contributed by atoms with Crippen LogP contribution in [0.15, 0.2) is 23.4 Å². The summed E-state index contributed by atoms with van der Waals surface area (Å²) in [6, 6.07) is 0. The summed E-state index contributed by atoms with van der Waals surface area (Å²) in [5.74, 6) is 0. The summed E-state index contributed by atoms with van der Waals surface area (Å²) < 4.78 is 48.5. The first-order valence-electron chi connectivity index (χ1n) is 3.30. The summed E-state index contributed by atoms with van der Waals surface area (Å²) in [6.07, 6.45) is -4.64. The third-order valence-corrected chi connectivity index (χ3v) is 1.53. The minimum absolute atomic E-state index is 0.0780. The maximum absolute atomic E-state index is 12.5. The largest absolute Gasteiger partial charge is 0.418 e. The molecule has 0 aromatic rings. The van der Waals surface area contributed by atoms with Crippen LogP contribution in [0, 0.1) is 0 Å². The lowest BCUT2D eigenvalue weighted by Gasteiger charge is -2.16. The molecule has 0 aromatic heterocycles. The first-order chi connectivity index (χ1) is 5.41. The van der Waals surface area contributed by atoms with Crippen LogP contribution in [0.5, 0.6) is 0 Å². The van der Waals surface area contributed by atoms with Gasteiger partial charge in [-0.1, -0.05) is 6.08 Å².